The lowest BCUT2D eigenvalue weighted by molar-refractivity contribution is -0.128. The van der Waals surface area contributed by atoms with Crippen LogP contribution in [0.2, 0.25) is 5.02 Å². The van der Waals surface area contributed by atoms with Crippen LogP contribution in [0.25, 0.3) is 11.3 Å². The Balaban J connectivity index is 1.94. The molecule has 2 atom stereocenters. The van der Waals surface area contributed by atoms with Gasteiger partial charge < -0.3 is 15.5 Å². The molecule has 2 amide bonds. The van der Waals surface area contributed by atoms with Crippen LogP contribution >= 0.6 is 11.6 Å². The van der Waals surface area contributed by atoms with Gasteiger partial charge in [-0.15, -0.1) is 0 Å². The Morgan fingerprint density at radius 1 is 1.36 bits per heavy atom. The Bertz CT molecular complexity index is 745. The maximum absolute atomic E-state index is 12.1. The van der Waals surface area contributed by atoms with Gasteiger partial charge in [0.2, 0.25) is 11.8 Å². The van der Waals surface area contributed by atoms with E-state index in [4.69, 9.17) is 21.8 Å². The van der Waals surface area contributed by atoms with Gasteiger partial charge in [-0.2, -0.15) is 0 Å². The summed E-state index contributed by atoms with van der Waals surface area (Å²) in [5.41, 5.74) is 6.10. The summed E-state index contributed by atoms with van der Waals surface area (Å²) in [6, 6.07) is 6.63. The molecule has 134 valence electrons. The molecular formula is C18H22ClN3O3. The molecule has 0 saturated heterocycles. The summed E-state index contributed by atoms with van der Waals surface area (Å²) >= 11 is 6.13. The van der Waals surface area contributed by atoms with E-state index in [-0.39, 0.29) is 18.2 Å². The molecule has 1 aromatic heterocycles. The minimum atomic E-state index is -0.666. The number of hydrogen-bond acceptors (Lipinski definition) is 4. The van der Waals surface area contributed by atoms with Crippen molar-refractivity contribution in [2.75, 3.05) is 0 Å². The van der Waals surface area contributed by atoms with Crippen molar-refractivity contribution in [2.45, 2.75) is 39.2 Å². The summed E-state index contributed by atoms with van der Waals surface area (Å²) in [6.45, 7) is 3.81. The van der Waals surface area contributed by atoms with Crippen molar-refractivity contribution in [1.29, 1.82) is 0 Å². The molecule has 0 aliphatic rings. The van der Waals surface area contributed by atoms with Gasteiger partial charge in [-0.3, -0.25) is 9.59 Å². The predicted octanol–water partition coefficient (Wildman–Crippen LogP) is 2.94. The van der Waals surface area contributed by atoms with E-state index in [0.29, 0.717) is 23.1 Å². The lowest BCUT2D eigenvalue weighted by Crippen LogP contribution is -2.48. The Morgan fingerprint density at radius 3 is 2.72 bits per heavy atom. The van der Waals surface area contributed by atoms with Gasteiger partial charge in [0.1, 0.15) is 6.04 Å². The molecule has 0 radical (unpaired) electrons. The Labute approximate surface area is 151 Å². The van der Waals surface area contributed by atoms with Crippen molar-refractivity contribution in [1.82, 2.24) is 10.3 Å². The van der Waals surface area contributed by atoms with Crippen LogP contribution in [0.1, 0.15) is 32.6 Å². The van der Waals surface area contributed by atoms with Crippen LogP contribution in [0.3, 0.4) is 0 Å². The normalized spacial score (nSPS) is 13.2. The fourth-order valence-corrected chi connectivity index (χ4v) is 2.64. The second-order valence-corrected chi connectivity index (χ2v) is 6.34. The minimum absolute atomic E-state index is 0.0185. The molecule has 0 spiro atoms. The molecule has 0 aliphatic carbocycles. The number of carbonyl (C=O) groups is 2. The molecule has 0 aliphatic heterocycles. The maximum Gasteiger partial charge on any atom is 0.240 e. The second-order valence-electron chi connectivity index (χ2n) is 5.93. The van der Waals surface area contributed by atoms with E-state index >= 15 is 0 Å². The van der Waals surface area contributed by atoms with Crippen LogP contribution in [-0.2, 0) is 16.0 Å². The number of nitrogens with one attached hydrogen (secondary N) is 1. The lowest BCUT2D eigenvalue weighted by Gasteiger charge is -2.20. The molecule has 1 aromatic carbocycles. The Hall–Kier alpha value is -2.34. The Kier molecular flexibility index (Phi) is 6.58. The SMILES string of the molecule is CCC(C)C(NC(=O)CCc1ncc(-c2ccccc2Cl)o1)C(N)=O. The number of amides is 2. The number of aromatic nitrogens is 1. The summed E-state index contributed by atoms with van der Waals surface area (Å²) in [7, 11) is 0. The first-order valence-electron chi connectivity index (χ1n) is 8.20. The molecule has 0 saturated carbocycles. The third-order valence-corrected chi connectivity index (χ3v) is 4.42. The van der Waals surface area contributed by atoms with Gasteiger partial charge in [-0.25, -0.2) is 4.98 Å². The number of aryl methyl sites for hydroxylation is 1. The van der Waals surface area contributed by atoms with E-state index in [2.05, 4.69) is 10.3 Å². The monoisotopic (exact) mass is 363 g/mol. The average molecular weight is 364 g/mol. The first-order chi connectivity index (χ1) is 11.9. The first kappa shape index (κ1) is 19.0. The zero-order valence-corrected chi connectivity index (χ0v) is 15.0. The van der Waals surface area contributed by atoms with Gasteiger partial charge in [0.15, 0.2) is 11.7 Å². The van der Waals surface area contributed by atoms with Crippen LogP contribution in [-0.4, -0.2) is 22.8 Å². The predicted molar refractivity (Wildman–Crippen MR) is 95.9 cm³/mol. The molecular weight excluding hydrogens is 342 g/mol. The van der Waals surface area contributed by atoms with Gasteiger partial charge in [0.05, 0.1) is 11.2 Å². The minimum Gasteiger partial charge on any atom is -0.441 e. The first-order valence-corrected chi connectivity index (χ1v) is 8.58. The molecule has 6 nitrogen and oxygen atoms in total. The van der Waals surface area contributed by atoms with Crippen LogP contribution < -0.4 is 11.1 Å². The van der Waals surface area contributed by atoms with E-state index < -0.39 is 11.9 Å². The molecule has 7 heteroatoms. The highest BCUT2D eigenvalue weighted by Gasteiger charge is 2.23. The number of carbonyl (C=O) groups excluding carboxylic acids is 2. The van der Waals surface area contributed by atoms with Gasteiger partial charge in [0, 0.05) is 18.4 Å². The number of oxazole rings is 1. The van der Waals surface area contributed by atoms with Crippen LogP contribution in [0.4, 0.5) is 0 Å². The zero-order chi connectivity index (χ0) is 18.4. The highest BCUT2D eigenvalue weighted by atomic mass is 35.5. The highest BCUT2D eigenvalue weighted by Crippen LogP contribution is 2.28. The molecule has 3 N–H and O–H groups in total. The number of primary amides is 1. The average Bonchev–Trinajstić information content (AvgIpc) is 3.06. The molecule has 25 heavy (non-hydrogen) atoms. The number of halogens is 1. The van der Waals surface area contributed by atoms with Gasteiger partial charge >= 0.3 is 0 Å². The summed E-state index contributed by atoms with van der Waals surface area (Å²) in [6.07, 6.45) is 2.81. The largest absolute Gasteiger partial charge is 0.441 e. The van der Waals surface area contributed by atoms with Crippen LogP contribution in [0, 0.1) is 5.92 Å². The number of nitrogens with two attached hydrogens (primary N) is 1. The van der Waals surface area contributed by atoms with E-state index in [1.54, 1.807) is 12.3 Å². The van der Waals surface area contributed by atoms with Gasteiger partial charge in [-0.1, -0.05) is 44.0 Å². The van der Waals surface area contributed by atoms with Crippen LogP contribution in [0.5, 0.6) is 0 Å². The maximum atomic E-state index is 12.1. The fraction of sp³-hybridized carbons (Fsp3) is 0.389. The molecule has 0 fully saturated rings. The topological polar surface area (TPSA) is 98.2 Å². The van der Waals surface area contributed by atoms with E-state index in [1.807, 2.05) is 32.0 Å². The second kappa shape index (κ2) is 8.67. The van der Waals surface area contributed by atoms with Crippen molar-refractivity contribution >= 4 is 23.4 Å². The summed E-state index contributed by atoms with van der Waals surface area (Å²) in [4.78, 5) is 27.7. The van der Waals surface area contributed by atoms with Crippen molar-refractivity contribution in [2.24, 2.45) is 11.7 Å². The van der Waals surface area contributed by atoms with E-state index in [1.165, 1.54) is 0 Å². The van der Waals surface area contributed by atoms with Crippen molar-refractivity contribution in [3.05, 3.63) is 41.4 Å². The Morgan fingerprint density at radius 2 is 2.08 bits per heavy atom. The standard InChI is InChI=1S/C18H22ClN3O3/c1-3-11(2)17(18(20)24)22-15(23)8-9-16-21-10-14(25-16)12-6-4-5-7-13(12)19/h4-7,10-11,17H,3,8-9H2,1-2H3,(H2,20,24)(H,22,23). The smallest absolute Gasteiger partial charge is 0.240 e. The van der Waals surface area contributed by atoms with Crippen molar-refractivity contribution < 1.29 is 14.0 Å². The molecule has 1 heterocycles. The lowest BCUT2D eigenvalue weighted by atomic mass is 9.98. The van der Waals surface area contributed by atoms with Crippen molar-refractivity contribution in [3.8, 4) is 11.3 Å². The number of benzene rings is 1. The molecule has 2 unspecified atom stereocenters. The summed E-state index contributed by atoms with van der Waals surface area (Å²) < 4.78 is 5.65. The van der Waals surface area contributed by atoms with Gasteiger partial charge in [0.25, 0.3) is 0 Å². The summed E-state index contributed by atoms with van der Waals surface area (Å²) in [5.74, 6) is 0.177. The van der Waals surface area contributed by atoms with E-state index in [9.17, 15) is 9.59 Å². The third-order valence-electron chi connectivity index (χ3n) is 4.09. The molecule has 2 rings (SSSR count). The molecule has 2 aromatic rings. The molecule has 0 bridgehead atoms. The quantitative estimate of drug-likeness (QED) is 0.753. The summed E-state index contributed by atoms with van der Waals surface area (Å²) in [5, 5.41) is 3.25. The number of rotatable bonds is 8. The fourth-order valence-electron chi connectivity index (χ4n) is 2.41. The van der Waals surface area contributed by atoms with Crippen LogP contribution in [0.15, 0.2) is 34.9 Å². The van der Waals surface area contributed by atoms with Crippen molar-refractivity contribution in [3.63, 3.8) is 0 Å². The van der Waals surface area contributed by atoms with Gasteiger partial charge in [-0.05, 0) is 18.1 Å². The zero-order valence-electron chi connectivity index (χ0n) is 14.3. The number of nitrogens with zero attached hydrogens (tertiary/aromatic N) is 1. The number of hydrogen-bond donors (Lipinski definition) is 2. The highest BCUT2D eigenvalue weighted by molar-refractivity contribution is 6.33. The van der Waals surface area contributed by atoms with E-state index in [0.717, 1.165) is 12.0 Å². The third kappa shape index (κ3) is 5.06.